The summed E-state index contributed by atoms with van der Waals surface area (Å²) < 4.78 is 13.1. The van der Waals surface area contributed by atoms with E-state index < -0.39 is 0 Å². The minimum Gasteiger partial charge on any atom is -0.207 e. The summed E-state index contributed by atoms with van der Waals surface area (Å²) in [5.41, 5.74) is 1.31. The standard InChI is InChI=1S/C23H35F/c1-3-18-9-15-23(20-10-4-17(2)5-11-20)21(16-18)12-6-19-7-13-22(24)14-8-19/h7-8,13-14,17-18,20-21,23H,3-6,9-12,15-16H2,1-2H3. The quantitative estimate of drug-likeness (QED) is 0.544. The second-order valence-electron chi connectivity index (χ2n) is 8.70. The lowest BCUT2D eigenvalue weighted by molar-refractivity contribution is 0.0833. The summed E-state index contributed by atoms with van der Waals surface area (Å²) in [5, 5.41) is 0. The van der Waals surface area contributed by atoms with Crippen LogP contribution in [-0.4, -0.2) is 0 Å². The second kappa shape index (κ2) is 8.50. The average Bonchev–Trinajstić information content (AvgIpc) is 2.62. The van der Waals surface area contributed by atoms with E-state index in [9.17, 15) is 4.39 Å². The van der Waals surface area contributed by atoms with Crippen molar-refractivity contribution in [2.75, 3.05) is 0 Å². The van der Waals surface area contributed by atoms with Crippen LogP contribution in [0.4, 0.5) is 4.39 Å². The van der Waals surface area contributed by atoms with E-state index in [-0.39, 0.29) is 5.82 Å². The summed E-state index contributed by atoms with van der Waals surface area (Å²) in [6.07, 6.45) is 14.0. The van der Waals surface area contributed by atoms with Gasteiger partial charge < -0.3 is 0 Å². The van der Waals surface area contributed by atoms with E-state index in [0.717, 1.165) is 36.0 Å². The topological polar surface area (TPSA) is 0 Å². The number of hydrogen-bond donors (Lipinski definition) is 0. The Hall–Kier alpha value is -0.850. The maximum atomic E-state index is 13.1. The highest BCUT2D eigenvalue weighted by molar-refractivity contribution is 5.16. The summed E-state index contributed by atoms with van der Waals surface area (Å²) in [7, 11) is 0. The van der Waals surface area contributed by atoms with Gasteiger partial charge in [0, 0.05) is 0 Å². The fourth-order valence-electron chi connectivity index (χ4n) is 5.43. The molecule has 1 aromatic carbocycles. The number of rotatable bonds is 5. The molecule has 3 rings (SSSR count). The first-order valence-electron chi connectivity index (χ1n) is 10.4. The van der Waals surface area contributed by atoms with Crippen molar-refractivity contribution < 1.29 is 4.39 Å². The van der Waals surface area contributed by atoms with Gasteiger partial charge in [-0.05, 0) is 85.8 Å². The van der Waals surface area contributed by atoms with E-state index in [1.807, 2.05) is 12.1 Å². The van der Waals surface area contributed by atoms with Crippen LogP contribution >= 0.6 is 0 Å². The van der Waals surface area contributed by atoms with E-state index in [0.29, 0.717) is 0 Å². The molecule has 2 fully saturated rings. The molecule has 0 aromatic heterocycles. The molecule has 0 radical (unpaired) electrons. The first-order valence-corrected chi connectivity index (χ1v) is 10.4. The monoisotopic (exact) mass is 330 g/mol. The minimum atomic E-state index is -0.114. The number of benzene rings is 1. The molecular formula is C23H35F. The number of hydrogen-bond acceptors (Lipinski definition) is 0. The van der Waals surface area contributed by atoms with E-state index >= 15 is 0 Å². The van der Waals surface area contributed by atoms with Gasteiger partial charge >= 0.3 is 0 Å². The molecule has 1 aromatic rings. The summed E-state index contributed by atoms with van der Waals surface area (Å²) in [4.78, 5) is 0. The van der Waals surface area contributed by atoms with Crippen LogP contribution < -0.4 is 0 Å². The van der Waals surface area contributed by atoms with Crippen LogP contribution in [-0.2, 0) is 6.42 Å². The van der Waals surface area contributed by atoms with E-state index in [4.69, 9.17) is 0 Å². The highest BCUT2D eigenvalue weighted by Gasteiger charge is 2.35. The van der Waals surface area contributed by atoms with Gasteiger partial charge in [-0.1, -0.05) is 51.7 Å². The normalized spacial score (nSPS) is 34.2. The molecule has 2 aliphatic rings. The Kier molecular flexibility index (Phi) is 6.36. The van der Waals surface area contributed by atoms with Crippen LogP contribution in [0.1, 0.15) is 77.2 Å². The number of aryl methyl sites for hydroxylation is 1. The lowest BCUT2D eigenvalue weighted by atomic mass is 9.63. The van der Waals surface area contributed by atoms with Crippen molar-refractivity contribution in [3.8, 4) is 0 Å². The maximum absolute atomic E-state index is 13.1. The maximum Gasteiger partial charge on any atom is 0.123 e. The molecule has 3 unspecified atom stereocenters. The van der Waals surface area contributed by atoms with Gasteiger partial charge in [0.05, 0.1) is 0 Å². The lowest BCUT2D eigenvalue weighted by Crippen LogP contribution is -2.32. The molecule has 0 bridgehead atoms. The van der Waals surface area contributed by atoms with Gasteiger partial charge in [-0.25, -0.2) is 4.39 Å². The van der Waals surface area contributed by atoms with Crippen LogP contribution in [0.25, 0.3) is 0 Å². The number of halogens is 1. The van der Waals surface area contributed by atoms with Crippen molar-refractivity contribution in [3.63, 3.8) is 0 Å². The van der Waals surface area contributed by atoms with E-state index in [1.54, 1.807) is 12.1 Å². The Balaban J connectivity index is 1.61. The van der Waals surface area contributed by atoms with Gasteiger partial charge in [-0.2, -0.15) is 0 Å². The van der Waals surface area contributed by atoms with Gasteiger partial charge in [-0.15, -0.1) is 0 Å². The highest BCUT2D eigenvalue weighted by atomic mass is 19.1. The third-order valence-electron chi connectivity index (χ3n) is 7.11. The molecular weight excluding hydrogens is 295 g/mol. The van der Waals surface area contributed by atoms with Gasteiger partial charge in [0.2, 0.25) is 0 Å². The van der Waals surface area contributed by atoms with Gasteiger partial charge in [0.1, 0.15) is 5.82 Å². The van der Waals surface area contributed by atoms with Gasteiger partial charge in [0.25, 0.3) is 0 Å². The molecule has 0 saturated heterocycles. The summed E-state index contributed by atoms with van der Waals surface area (Å²) in [6.45, 7) is 4.79. The zero-order chi connectivity index (χ0) is 16.9. The van der Waals surface area contributed by atoms with E-state index in [2.05, 4.69) is 13.8 Å². The van der Waals surface area contributed by atoms with Crippen molar-refractivity contribution in [1.82, 2.24) is 0 Å². The van der Waals surface area contributed by atoms with Crippen molar-refractivity contribution >= 4 is 0 Å². The Morgan fingerprint density at radius 1 is 0.958 bits per heavy atom. The summed E-state index contributed by atoms with van der Waals surface area (Å²) >= 11 is 0. The fourth-order valence-corrected chi connectivity index (χ4v) is 5.43. The van der Waals surface area contributed by atoms with Crippen LogP contribution in [0.15, 0.2) is 24.3 Å². The summed E-state index contributed by atoms with van der Waals surface area (Å²) in [6, 6.07) is 7.19. The highest BCUT2D eigenvalue weighted by Crippen LogP contribution is 2.46. The Bertz CT molecular complexity index is 483. The average molecular weight is 331 g/mol. The van der Waals surface area contributed by atoms with Crippen molar-refractivity contribution in [2.45, 2.75) is 78.1 Å². The third-order valence-corrected chi connectivity index (χ3v) is 7.11. The SMILES string of the molecule is CCC1CCC(C2CCC(C)CC2)C(CCc2ccc(F)cc2)C1. The van der Waals surface area contributed by atoms with Crippen LogP contribution in [0.2, 0.25) is 0 Å². The smallest absolute Gasteiger partial charge is 0.123 e. The van der Waals surface area contributed by atoms with Gasteiger partial charge in [-0.3, -0.25) is 0 Å². The molecule has 1 heteroatoms. The molecule has 0 N–H and O–H groups in total. The Morgan fingerprint density at radius 2 is 1.67 bits per heavy atom. The van der Waals surface area contributed by atoms with Crippen molar-refractivity contribution in [1.29, 1.82) is 0 Å². The predicted molar refractivity (Wildman–Crippen MR) is 100 cm³/mol. The minimum absolute atomic E-state index is 0.114. The summed E-state index contributed by atoms with van der Waals surface area (Å²) in [5.74, 6) is 4.62. The first-order chi connectivity index (χ1) is 11.7. The van der Waals surface area contributed by atoms with Crippen LogP contribution in [0.3, 0.4) is 0 Å². The molecule has 134 valence electrons. The van der Waals surface area contributed by atoms with E-state index in [1.165, 1.54) is 63.4 Å². The fraction of sp³-hybridized carbons (Fsp3) is 0.739. The van der Waals surface area contributed by atoms with Crippen molar-refractivity contribution in [2.24, 2.45) is 29.6 Å². The Labute approximate surface area is 148 Å². The second-order valence-corrected chi connectivity index (χ2v) is 8.70. The molecule has 24 heavy (non-hydrogen) atoms. The molecule has 2 saturated carbocycles. The third kappa shape index (κ3) is 4.61. The molecule has 0 nitrogen and oxygen atoms in total. The van der Waals surface area contributed by atoms with Crippen molar-refractivity contribution in [3.05, 3.63) is 35.6 Å². The van der Waals surface area contributed by atoms with Crippen LogP contribution in [0.5, 0.6) is 0 Å². The van der Waals surface area contributed by atoms with Gasteiger partial charge in [0.15, 0.2) is 0 Å². The molecule has 0 spiro atoms. The largest absolute Gasteiger partial charge is 0.207 e. The molecule has 0 aliphatic heterocycles. The van der Waals surface area contributed by atoms with Crippen LogP contribution in [0, 0.1) is 35.4 Å². The molecule has 2 aliphatic carbocycles. The lowest BCUT2D eigenvalue weighted by Gasteiger charge is -2.43. The zero-order valence-electron chi connectivity index (χ0n) is 15.6. The predicted octanol–water partition coefficient (Wildman–Crippen LogP) is 7.03. The first kappa shape index (κ1) is 18.0. The Morgan fingerprint density at radius 3 is 2.33 bits per heavy atom. The molecule has 3 atom stereocenters. The zero-order valence-corrected chi connectivity index (χ0v) is 15.6. The molecule has 0 amide bonds. The molecule has 0 heterocycles.